The molecule has 1 aliphatic rings. The molecule has 1 saturated heterocycles. The van der Waals surface area contributed by atoms with E-state index >= 15 is 0 Å². The Morgan fingerprint density at radius 1 is 1.48 bits per heavy atom. The number of hydrogen-bond donors (Lipinski definition) is 1. The molecule has 1 fully saturated rings. The molecule has 0 aromatic carbocycles. The van der Waals surface area contributed by atoms with Crippen LogP contribution in [0.4, 0.5) is 5.82 Å². The number of methoxy groups -OCH3 is 1. The van der Waals surface area contributed by atoms with E-state index in [1.807, 2.05) is 11.4 Å². The van der Waals surface area contributed by atoms with Gasteiger partial charge in [0.2, 0.25) is 0 Å². The average molecular weight is 307 g/mol. The molecule has 0 bridgehead atoms. The lowest BCUT2D eigenvalue weighted by molar-refractivity contribution is -0.153. The van der Waals surface area contributed by atoms with Crippen LogP contribution in [0.1, 0.15) is 12.8 Å². The number of piperidine rings is 1. The van der Waals surface area contributed by atoms with Crippen LogP contribution in [0.25, 0.3) is 10.2 Å². The Morgan fingerprint density at radius 3 is 2.95 bits per heavy atom. The number of esters is 1. The van der Waals surface area contributed by atoms with Gasteiger partial charge in [0.1, 0.15) is 17.0 Å². The molecular formula is C14H17N3O3S. The van der Waals surface area contributed by atoms with Crippen LogP contribution in [-0.4, -0.2) is 47.3 Å². The molecule has 2 aromatic rings. The summed E-state index contributed by atoms with van der Waals surface area (Å²) in [6.07, 6.45) is 2.05. The zero-order valence-corrected chi connectivity index (χ0v) is 12.5. The monoisotopic (exact) mass is 307 g/mol. The molecule has 0 radical (unpaired) electrons. The Labute approximate surface area is 126 Å². The maximum Gasteiger partial charge on any atom is 0.334 e. The van der Waals surface area contributed by atoms with E-state index in [0.717, 1.165) is 42.0 Å². The summed E-state index contributed by atoms with van der Waals surface area (Å²) >= 11 is 1.60. The molecule has 0 saturated carbocycles. The van der Waals surface area contributed by atoms with Crippen molar-refractivity contribution in [3.63, 3.8) is 0 Å². The van der Waals surface area contributed by atoms with Crippen molar-refractivity contribution in [1.82, 2.24) is 9.97 Å². The summed E-state index contributed by atoms with van der Waals surface area (Å²) in [5.41, 5.74) is 0. The SMILES string of the molecule is COC(=O)C(O)C1CCN(c2ncnc3sccc23)CC1. The van der Waals surface area contributed by atoms with Crippen LogP contribution in [0, 0.1) is 5.92 Å². The first-order chi connectivity index (χ1) is 10.2. The minimum Gasteiger partial charge on any atom is -0.467 e. The summed E-state index contributed by atoms with van der Waals surface area (Å²) in [4.78, 5) is 23.2. The number of nitrogens with zero attached hydrogens (tertiary/aromatic N) is 3. The molecule has 1 aliphatic heterocycles. The van der Waals surface area contributed by atoms with Crippen molar-refractivity contribution in [2.45, 2.75) is 18.9 Å². The molecule has 1 N–H and O–H groups in total. The number of hydrogen-bond acceptors (Lipinski definition) is 7. The maximum absolute atomic E-state index is 11.4. The molecule has 0 aliphatic carbocycles. The van der Waals surface area contributed by atoms with E-state index in [4.69, 9.17) is 0 Å². The van der Waals surface area contributed by atoms with Gasteiger partial charge < -0.3 is 14.7 Å². The van der Waals surface area contributed by atoms with Gasteiger partial charge >= 0.3 is 5.97 Å². The quantitative estimate of drug-likeness (QED) is 0.865. The van der Waals surface area contributed by atoms with E-state index in [1.54, 1.807) is 17.7 Å². The fraction of sp³-hybridized carbons (Fsp3) is 0.500. The molecule has 2 aromatic heterocycles. The Hall–Kier alpha value is -1.73. The number of aliphatic hydroxyl groups is 1. The van der Waals surface area contributed by atoms with E-state index in [9.17, 15) is 9.90 Å². The molecule has 3 heterocycles. The number of carbonyl (C=O) groups is 1. The second-order valence-corrected chi connectivity index (χ2v) is 6.02. The van der Waals surface area contributed by atoms with Crippen molar-refractivity contribution in [2.75, 3.05) is 25.1 Å². The summed E-state index contributed by atoms with van der Waals surface area (Å²) in [7, 11) is 1.30. The second-order valence-electron chi connectivity index (χ2n) is 5.13. The van der Waals surface area contributed by atoms with Crippen molar-refractivity contribution in [3.8, 4) is 0 Å². The van der Waals surface area contributed by atoms with E-state index in [-0.39, 0.29) is 5.92 Å². The Kier molecular flexibility index (Phi) is 4.03. The number of anilines is 1. The number of ether oxygens (including phenoxy) is 1. The van der Waals surface area contributed by atoms with Crippen molar-refractivity contribution in [3.05, 3.63) is 17.8 Å². The smallest absolute Gasteiger partial charge is 0.334 e. The van der Waals surface area contributed by atoms with E-state index < -0.39 is 12.1 Å². The number of thiophene rings is 1. The van der Waals surface area contributed by atoms with Gasteiger partial charge in [-0.2, -0.15) is 0 Å². The molecule has 1 atom stereocenters. The second kappa shape index (κ2) is 5.95. The summed E-state index contributed by atoms with van der Waals surface area (Å²) < 4.78 is 4.60. The van der Waals surface area contributed by atoms with Gasteiger partial charge in [-0.3, -0.25) is 0 Å². The van der Waals surface area contributed by atoms with Crippen molar-refractivity contribution in [1.29, 1.82) is 0 Å². The highest BCUT2D eigenvalue weighted by atomic mass is 32.1. The lowest BCUT2D eigenvalue weighted by atomic mass is 9.91. The third-order valence-electron chi connectivity index (χ3n) is 3.97. The van der Waals surface area contributed by atoms with Crippen molar-refractivity contribution in [2.24, 2.45) is 5.92 Å². The Bertz CT molecular complexity index is 637. The lowest BCUT2D eigenvalue weighted by Gasteiger charge is -2.34. The summed E-state index contributed by atoms with van der Waals surface area (Å²) in [6, 6.07) is 2.03. The van der Waals surface area contributed by atoms with Gasteiger partial charge in [-0.05, 0) is 30.2 Å². The van der Waals surface area contributed by atoms with Gasteiger partial charge in [0.05, 0.1) is 12.5 Å². The highest BCUT2D eigenvalue weighted by Crippen LogP contribution is 2.30. The number of aromatic nitrogens is 2. The van der Waals surface area contributed by atoms with Crippen LogP contribution >= 0.6 is 11.3 Å². The van der Waals surface area contributed by atoms with E-state index in [2.05, 4.69) is 19.6 Å². The van der Waals surface area contributed by atoms with Crippen LogP contribution in [0.2, 0.25) is 0 Å². The van der Waals surface area contributed by atoms with Crippen molar-refractivity contribution >= 4 is 33.3 Å². The van der Waals surface area contributed by atoms with Crippen LogP contribution in [0.15, 0.2) is 17.8 Å². The predicted octanol–water partition coefficient (Wildman–Crippen LogP) is 1.44. The summed E-state index contributed by atoms with van der Waals surface area (Å²) in [6.45, 7) is 1.53. The Morgan fingerprint density at radius 2 is 2.24 bits per heavy atom. The Balaban J connectivity index is 1.71. The van der Waals surface area contributed by atoms with Crippen LogP contribution in [0.5, 0.6) is 0 Å². The molecule has 0 amide bonds. The first-order valence-corrected chi connectivity index (χ1v) is 7.77. The minimum atomic E-state index is -1.02. The van der Waals surface area contributed by atoms with Crippen LogP contribution in [0.3, 0.4) is 0 Å². The number of aliphatic hydroxyl groups excluding tert-OH is 1. The first-order valence-electron chi connectivity index (χ1n) is 6.89. The summed E-state index contributed by atoms with van der Waals surface area (Å²) in [5.74, 6) is 0.344. The fourth-order valence-electron chi connectivity index (χ4n) is 2.77. The molecular weight excluding hydrogens is 290 g/mol. The molecule has 21 heavy (non-hydrogen) atoms. The zero-order chi connectivity index (χ0) is 14.8. The third-order valence-corrected chi connectivity index (χ3v) is 4.79. The summed E-state index contributed by atoms with van der Waals surface area (Å²) in [5, 5.41) is 13.0. The molecule has 1 unspecified atom stereocenters. The molecule has 112 valence electrons. The third kappa shape index (κ3) is 2.71. The van der Waals surface area contributed by atoms with Gasteiger partial charge in [-0.15, -0.1) is 11.3 Å². The van der Waals surface area contributed by atoms with Gasteiger partial charge in [0, 0.05) is 13.1 Å². The van der Waals surface area contributed by atoms with E-state index in [0.29, 0.717) is 0 Å². The first kappa shape index (κ1) is 14.2. The van der Waals surface area contributed by atoms with Gasteiger partial charge in [0.15, 0.2) is 6.10 Å². The zero-order valence-electron chi connectivity index (χ0n) is 11.7. The number of fused-ring (bicyclic) bond motifs is 1. The standard InChI is InChI=1S/C14H17N3O3S/c1-20-14(19)11(18)9-2-5-17(6-3-9)12-10-4-7-21-13(10)16-8-15-12/h4,7-9,11,18H,2-3,5-6H2,1H3. The lowest BCUT2D eigenvalue weighted by Crippen LogP contribution is -2.41. The molecule has 0 spiro atoms. The topological polar surface area (TPSA) is 75.6 Å². The highest BCUT2D eigenvalue weighted by Gasteiger charge is 2.31. The molecule has 3 rings (SSSR count). The molecule has 6 nitrogen and oxygen atoms in total. The highest BCUT2D eigenvalue weighted by molar-refractivity contribution is 7.16. The van der Waals surface area contributed by atoms with Crippen LogP contribution < -0.4 is 4.90 Å². The van der Waals surface area contributed by atoms with Gasteiger partial charge in [0.25, 0.3) is 0 Å². The largest absolute Gasteiger partial charge is 0.467 e. The van der Waals surface area contributed by atoms with E-state index in [1.165, 1.54) is 7.11 Å². The number of rotatable bonds is 3. The number of carbonyl (C=O) groups excluding carboxylic acids is 1. The fourth-order valence-corrected chi connectivity index (χ4v) is 3.50. The van der Waals surface area contributed by atoms with Crippen molar-refractivity contribution < 1.29 is 14.6 Å². The molecule has 7 heteroatoms. The predicted molar refractivity (Wildman–Crippen MR) is 80.4 cm³/mol. The van der Waals surface area contributed by atoms with Gasteiger partial charge in [-0.1, -0.05) is 0 Å². The minimum absolute atomic E-state index is 0.0477. The van der Waals surface area contributed by atoms with Crippen LogP contribution in [-0.2, 0) is 9.53 Å². The van der Waals surface area contributed by atoms with Gasteiger partial charge in [-0.25, -0.2) is 14.8 Å². The normalized spacial score (nSPS) is 17.9. The maximum atomic E-state index is 11.4. The average Bonchev–Trinajstić information content (AvgIpc) is 3.02.